The molecule has 1 aromatic rings. The predicted molar refractivity (Wildman–Crippen MR) is 71.2 cm³/mol. The van der Waals surface area contributed by atoms with Crippen molar-refractivity contribution in [2.45, 2.75) is 38.3 Å². The van der Waals surface area contributed by atoms with Crippen LogP contribution < -0.4 is 4.74 Å². The average molecular weight is 263 g/mol. The zero-order valence-corrected chi connectivity index (χ0v) is 11.4. The van der Waals surface area contributed by atoms with Crippen molar-refractivity contribution >= 4 is 0 Å². The fraction of sp³-hybridized carbons (Fsp3) is 0.714. The van der Waals surface area contributed by atoms with Gasteiger partial charge in [0.15, 0.2) is 0 Å². The molecule has 0 saturated carbocycles. The molecule has 5 heteroatoms. The van der Waals surface area contributed by atoms with Gasteiger partial charge < -0.3 is 9.47 Å². The van der Waals surface area contributed by atoms with Crippen LogP contribution >= 0.6 is 0 Å². The van der Waals surface area contributed by atoms with Gasteiger partial charge in [0.05, 0.1) is 19.3 Å². The Balaban J connectivity index is 1.48. The molecular weight excluding hydrogens is 242 g/mol. The van der Waals surface area contributed by atoms with E-state index in [0.717, 1.165) is 51.1 Å². The SMILES string of the molecule is CCc1cnc(OC2CCN(C3COC3)CC2)nc1. The largest absolute Gasteiger partial charge is 0.460 e. The molecule has 0 atom stereocenters. The third kappa shape index (κ3) is 3.04. The summed E-state index contributed by atoms with van der Waals surface area (Å²) in [6.45, 7) is 6.07. The second-order valence-electron chi connectivity index (χ2n) is 5.27. The maximum Gasteiger partial charge on any atom is 0.316 e. The molecule has 2 saturated heterocycles. The number of hydrogen-bond acceptors (Lipinski definition) is 5. The van der Waals surface area contributed by atoms with Crippen LogP contribution in [0.2, 0.25) is 0 Å². The van der Waals surface area contributed by atoms with Crippen LogP contribution in [-0.4, -0.2) is 53.3 Å². The highest BCUT2D eigenvalue weighted by atomic mass is 16.5. The van der Waals surface area contributed by atoms with Crippen molar-refractivity contribution in [3.8, 4) is 6.01 Å². The zero-order chi connectivity index (χ0) is 13.1. The minimum Gasteiger partial charge on any atom is -0.460 e. The van der Waals surface area contributed by atoms with Crippen LogP contribution in [0.1, 0.15) is 25.3 Å². The number of likely N-dealkylation sites (tertiary alicyclic amines) is 1. The average Bonchev–Trinajstić information content (AvgIpc) is 2.40. The summed E-state index contributed by atoms with van der Waals surface area (Å²) in [5.41, 5.74) is 1.15. The van der Waals surface area contributed by atoms with Gasteiger partial charge in [-0.05, 0) is 24.8 Å². The highest BCUT2D eigenvalue weighted by Crippen LogP contribution is 2.20. The van der Waals surface area contributed by atoms with Crippen LogP contribution in [0.3, 0.4) is 0 Å². The third-order valence-corrected chi connectivity index (χ3v) is 3.98. The zero-order valence-electron chi connectivity index (χ0n) is 11.4. The second-order valence-corrected chi connectivity index (χ2v) is 5.27. The lowest BCUT2D eigenvalue weighted by molar-refractivity contribution is -0.0782. The maximum absolute atomic E-state index is 5.85. The van der Waals surface area contributed by atoms with Gasteiger partial charge in [0.2, 0.25) is 0 Å². The first kappa shape index (κ1) is 12.8. The number of hydrogen-bond donors (Lipinski definition) is 0. The van der Waals surface area contributed by atoms with E-state index in [4.69, 9.17) is 9.47 Å². The molecule has 104 valence electrons. The fourth-order valence-electron chi connectivity index (χ4n) is 2.53. The third-order valence-electron chi connectivity index (χ3n) is 3.98. The molecule has 2 fully saturated rings. The minimum absolute atomic E-state index is 0.254. The number of ether oxygens (including phenoxy) is 2. The minimum atomic E-state index is 0.254. The van der Waals surface area contributed by atoms with Gasteiger partial charge >= 0.3 is 6.01 Å². The lowest BCUT2D eigenvalue weighted by atomic mass is 10.0. The van der Waals surface area contributed by atoms with Crippen LogP contribution in [0.4, 0.5) is 0 Å². The van der Waals surface area contributed by atoms with E-state index in [1.54, 1.807) is 0 Å². The van der Waals surface area contributed by atoms with Gasteiger partial charge in [0, 0.05) is 25.5 Å². The summed E-state index contributed by atoms with van der Waals surface area (Å²) < 4.78 is 11.1. The topological polar surface area (TPSA) is 47.5 Å². The van der Waals surface area contributed by atoms with E-state index in [-0.39, 0.29) is 6.10 Å². The second kappa shape index (κ2) is 5.84. The number of aromatic nitrogens is 2. The van der Waals surface area contributed by atoms with Crippen molar-refractivity contribution in [2.24, 2.45) is 0 Å². The quantitative estimate of drug-likeness (QED) is 0.819. The number of rotatable bonds is 4. The summed E-state index contributed by atoms with van der Waals surface area (Å²) in [6.07, 6.45) is 7.02. The summed E-state index contributed by atoms with van der Waals surface area (Å²) in [5.74, 6) is 0. The van der Waals surface area contributed by atoms with Crippen molar-refractivity contribution in [2.75, 3.05) is 26.3 Å². The Labute approximate surface area is 113 Å². The van der Waals surface area contributed by atoms with Crippen LogP contribution in [0.25, 0.3) is 0 Å². The molecule has 0 N–H and O–H groups in total. The molecular formula is C14H21N3O2. The fourth-order valence-corrected chi connectivity index (χ4v) is 2.53. The Bertz CT molecular complexity index is 398. The number of nitrogens with zero attached hydrogens (tertiary/aromatic N) is 3. The van der Waals surface area contributed by atoms with E-state index < -0.39 is 0 Å². The molecule has 19 heavy (non-hydrogen) atoms. The molecule has 3 heterocycles. The first-order valence-corrected chi connectivity index (χ1v) is 7.14. The monoisotopic (exact) mass is 263 g/mol. The Morgan fingerprint density at radius 2 is 1.95 bits per heavy atom. The van der Waals surface area contributed by atoms with Crippen molar-refractivity contribution in [3.05, 3.63) is 18.0 Å². The van der Waals surface area contributed by atoms with Crippen LogP contribution in [-0.2, 0) is 11.2 Å². The first-order valence-electron chi connectivity index (χ1n) is 7.14. The molecule has 0 aliphatic carbocycles. The molecule has 5 nitrogen and oxygen atoms in total. The van der Waals surface area contributed by atoms with E-state index in [2.05, 4.69) is 21.8 Å². The Hall–Kier alpha value is -1.20. The van der Waals surface area contributed by atoms with Crippen LogP contribution in [0.5, 0.6) is 6.01 Å². The molecule has 0 amide bonds. The van der Waals surface area contributed by atoms with E-state index in [1.807, 2.05) is 12.4 Å². The highest BCUT2D eigenvalue weighted by molar-refractivity contribution is 5.07. The van der Waals surface area contributed by atoms with Gasteiger partial charge in [0.25, 0.3) is 0 Å². The molecule has 0 bridgehead atoms. The molecule has 3 rings (SSSR count). The summed E-state index contributed by atoms with van der Waals surface area (Å²) >= 11 is 0. The smallest absolute Gasteiger partial charge is 0.316 e. The first-order chi connectivity index (χ1) is 9.35. The van der Waals surface area contributed by atoms with Crippen molar-refractivity contribution < 1.29 is 9.47 Å². The van der Waals surface area contributed by atoms with Crippen molar-refractivity contribution in [3.63, 3.8) is 0 Å². The lowest BCUT2D eigenvalue weighted by Crippen LogP contribution is -2.53. The van der Waals surface area contributed by atoms with Crippen LogP contribution in [0.15, 0.2) is 12.4 Å². The summed E-state index contributed by atoms with van der Waals surface area (Å²) in [4.78, 5) is 11.0. The van der Waals surface area contributed by atoms with Gasteiger partial charge in [-0.2, -0.15) is 0 Å². The van der Waals surface area contributed by atoms with E-state index in [1.165, 1.54) is 0 Å². The van der Waals surface area contributed by atoms with Crippen molar-refractivity contribution in [1.82, 2.24) is 14.9 Å². The molecule has 0 spiro atoms. The predicted octanol–water partition coefficient (Wildman–Crippen LogP) is 1.28. The molecule has 0 aromatic carbocycles. The van der Waals surface area contributed by atoms with Gasteiger partial charge in [0.1, 0.15) is 6.10 Å². The van der Waals surface area contributed by atoms with E-state index in [0.29, 0.717) is 12.1 Å². The van der Waals surface area contributed by atoms with E-state index >= 15 is 0 Å². The molecule has 2 aliphatic rings. The van der Waals surface area contributed by atoms with Gasteiger partial charge in [-0.15, -0.1) is 0 Å². The summed E-state index contributed by atoms with van der Waals surface area (Å²) in [6, 6.07) is 1.16. The number of aryl methyl sites for hydroxylation is 1. The van der Waals surface area contributed by atoms with E-state index in [9.17, 15) is 0 Å². The number of piperidine rings is 1. The molecule has 0 radical (unpaired) electrons. The Morgan fingerprint density at radius 1 is 1.26 bits per heavy atom. The lowest BCUT2D eigenvalue weighted by Gasteiger charge is -2.41. The summed E-state index contributed by atoms with van der Waals surface area (Å²) in [5, 5.41) is 0. The molecule has 1 aromatic heterocycles. The molecule has 0 unspecified atom stereocenters. The Morgan fingerprint density at radius 3 is 2.47 bits per heavy atom. The highest BCUT2D eigenvalue weighted by Gasteiger charge is 2.30. The van der Waals surface area contributed by atoms with Crippen LogP contribution in [0, 0.1) is 0 Å². The Kier molecular flexibility index (Phi) is 3.94. The molecule has 2 aliphatic heterocycles. The standard InChI is InChI=1S/C14H21N3O2/c1-2-11-7-15-14(16-8-11)19-13-3-5-17(6-4-13)12-9-18-10-12/h7-8,12-13H,2-6,9-10H2,1H3. The normalized spacial score (nSPS) is 22.2. The van der Waals surface area contributed by atoms with Gasteiger partial charge in [-0.25, -0.2) is 9.97 Å². The summed E-state index contributed by atoms with van der Waals surface area (Å²) in [7, 11) is 0. The van der Waals surface area contributed by atoms with Gasteiger partial charge in [-0.3, -0.25) is 4.90 Å². The van der Waals surface area contributed by atoms with Gasteiger partial charge in [-0.1, -0.05) is 6.92 Å². The maximum atomic E-state index is 5.85. The van der Waals surface area contributed by atoms with Crippen molar-refractivity contribution in [1.29, 1.82) is 0 Å².